The van der Waals surface area contributed by atoms with Crippen LogP contribution in [0.25, 0.3) is 0 Å². The summed E-state index contributed by atoms with van der Waals surface area (Å²) in [4.78, 5) is 25.4. The van der Waals surface area contributed by atoms with Crippen LogP contribution in [0.1, 0.15) is 54.9 Å². The van der Waals surface area contributed by atoms with E-state index >= 15 is 0 Å². The zero-order valence-electron chi connectivity index (χ0n) is 17.8. The fourth-order valence-corrected chi connectivity index (χ4v) is 4.00. The van der Waals surface area contributed by atoms with Crippen molar-refractivity contribution in [2.45, 2.75) is 82.3 Å². The molecule has 0 aromatic heterocycles. The SMILES string of the molecule is C[C@H]1CCCCCC(=O)c2c(cc(O)cc2O[C@H]2O[C@H](CO)[C@@H](O)[C@H](O)[C@H]2O)CC(=O)O1. The second kappa shape index (κ2) is 10.6. The number of rotatable bonds is 3. The summed E-state index contributed by atoms with van der Waals surface area (Å²) in [5.74, 6) is -1.31. The third kappa shape index (κ3) is 5.57. The molecule has 0 saturated carbocycles. The molecule has 2 aliphatic rings. The van der Waals surface area contributed by atoms with Gasteiger partial charge in [0, 0.05) is 12.5 Å². The Morgan fingerprint density at radius 2 is 1.81 bits per heavy atom. The van der Waals surface area contributed by atoms with Crippen LogP contribution in [0, 0.1) is 0 Å². The van der Waals surface area contributed by atoms with Crippen LogP contribution < -0.4 is 4.74 Å². The molecular formula is C22H30O10. The zero-order valence-corrected chi connectivity index (χ0v) is 17.8. The minimum Gasteiger partial charge on any atom is -0.508 e. The lowest BCUT2D eigenvalue weighted by molar-refractivity contribution is -0.277. The number of aliphatic hydroxyl groups is 4. The third-order valence-electron chi connectivity index (χ3n) is 5.72. The summed E-state index contributed by atoms with van der Waals surface area (Å²) in [6.45, 7) is 1.15. The molecule has 178 valence electrons. The van der Waals surface area contributed by atoms with Gasteiger partial charge < -0.3 is 39.7 Å². The highest BCUT2D eigenvalue weighted by Crippen LogP contribution is 2.34. The highest BCUT2D eigenvalue weighted by Gasteiger charge is 2.45. The number of fused-ring (bicyclic) bond motifs is 1. The van der Waals surface area contributed by atoms with Gasteiger partial charge in [0.25, 0.3) is 0 Å². The lowest BCUT2D eigenvalue weighted by Crippen LogP contribution is -2.60. The molecule has 0 spiro atoms. The van der Waals surface area contributed by atoms with Gasteiger partial charge in [-0.25, -0.2) is 0 Å². The fraction of sp³-hybridized carbons (Fsp3) is 0.636. The first-order valence-corrected chi connectivity index (χ1v) is 10.8. The van der Waals surface area contributed by atoms with E-state index in [1.165, 1.54) is 6.07 Å². The Bertz CT molecular complexity index is 823. The van der Waals surface area contributed by atoms with Crippen LogP contribution in [0.15, 0.2) is 12.1 Å². The summed E-state index contributed by atoms with van der Waals surface area (Å²) in [6, 6.07) is 2.43. The van der Waals surface area contributed by atoms with E-state index in [9.17, 15) is 35.1 Å². The van der Waals surface area contributed by atoms with Gasteiger partial charge >= 0.3 is 5.97 Å². The minimum atomic E-state index is -1.70. The van der Waals surface area contributed by atoms with Crippen molar-refractivity contribution in [2.75, 3.05) is 6.61 Å². The molecule has 2 aliphatic heterocycles. The highest BCUT2D eigenvalue weighted by molar-refractivity contribution is 6.01. The zero-order chi connectivity index (χ0) is 23.4. The van der Waals surface area contributed by atoms with Gasteiger partial charge in [0.2, 0.25) is 6.29 Å². The Kier molecular flexibility index (Phi) is 8.07. The van der Waals surface area contributed by atoms with E-state index in [-0.39, 0.29) is 47.4 Å². The maximum atomic E-state index is 13.0. The fourth-order valence-electron chi connectivity index (χ4n) is 4.00. The summed E-state index contributed by atoms with van der Waals surface area (Å²) in [5, 5.41) is 49.8. The molecule has 3 rings (SSSR count). The lowest BCUT2D eigenvalue weighted by Gasteiger charge is -2.39. The number of Topliss-reactive ketones (excluding diaryl/α,β-unsaturated/α-hetero) is 1. The van der Waals surface area contributed by atoms with E-state index in [0.29, 0.717) is 12.8 Å². The standard InChI is InChI=1S/C22H30O10/c1-11-5-3-2-4-6-14(25)18-12(8-17(26)30-11)7-13(24)9-15(18)31-22-21(29)20(28)19(27)16(10-23)32-22/h7,9,11,16,19-24,27-29H,2-6,8,10H2,1H3/t11-,16+,19+,20-,21+,22-/m0/s1. The van der Waals surface area contributed by atoms with Gasteiger partial charge in [-0.15, -0.1) is 0 Å². The number of ether oxygens (including phenoxy) is 3. The Hall–Kier alpha value is -2.24. The summed E-state index contributed by atoms with van der Waals surface area (Å²) in [6.07, 6.45) is -5.17. The molecule has 0 aliphatic carbocycles. The second-order valence-electron chi connectivity index (χ2n) is 8.29. The molecule has 32 heavy (non-hydrogen) atoms. The summed E-state index contributed by atoms with van der Waals surface area (Å²) < 4.78 is 16.4. The Labute approximate surface area is 185 Å². The van der Waals surface area contributed by atoms with Crippen molar-refractivity contribution < 1.29 is 49.3 Å². The number of phenols is 1. The number of aromatic hydroxyl groups is 1. The van der Waals surface area contributed by atoms with Crippen molar-refractivity contribution in [1.29, 1.82) is 0 Å². The largest absolute Gasteiger partial charge is 0.508 e. The van der Waals surface area contributed by atoms with Gasteiger partial charge in [0.15, 0.2) is 5.78 Å². The molecule has 10 nitrogen and oxygen atoms in total. The van der Waals surface area contributed by atoms with Gasteiger partial charge in [-0.05, 0) is 37.8 Å². The second-order valence-corrected chi connectivity index (χ2v) is 8.29. The summed E-state index contributed by atoms with van der Waals surface area (Å²) in [5.41, 5.74) is 0.248. The van der Waals surface area contributed by atoms with Gasteiger partial charge in [0.1, 0.15) is 35.9 Å². The number of benzene rings is 1. The number of carbonyl (C=O) groups excluding carboxylic acids is 2. The average molecular weight is 454 g/mol. The molecule has 5 N–H and O–H groups in total. The van der Waals surface area contributed by atoms with Gasteiger partial charge in [-0.2, -0.15) is 0 Å². The Morgan fingerprint density at radius 1 is 1.06 bits per heavy atom. The quantitative estimate of drug-likeness (QED) is 0.399. The Balaban J connectivity index is 1.96. The van der Waals surface area contributed by atoms with E-state index in [1.807, 2.05) is 0 Å². The smallest absolute Gasteiger partial charge is 0.310 e. The number of carbonyl (C=O) groups is 2. The van der Waals surface area contributed by atoms with Crippen LogP contribution in [0.4, 0.5) is 0 Å². The van der Waals surface area contributed by atoms with Crippen LogP contribution in [0.3, 0.4) is 0 Å². The molecule has 1 aromatic rings. The van der Waals surface area contributed by atoms with Crippen LogP contribution in [0.2, 0.25) is 0 Å². The molecule has 0 radical (unpaired) electrons. The van der Waals surface area contributed by atoms with Crippen molar-refractivity contribution in [3.8, 4) is 11.5 Å². The van der Waals surface area contributed by atoms with E-state index in [2.05, 4.69) is 0 Å². The number of cyclic esters (lactones) is 1. The number of esters is 1. The van der Waals surface area contributed by atoms with Crippen molar-refractivity contribution in [1.82, 2.24) is 0 Å². The molecule has 1 fully saturated rings. The highest BCUT2D eigenvalue weighted by atomic mass is 16.7. The van der Waals surface area contributed by atoms with Crippen molar-refractivity contribution in [3.63, 3.8) is 0 Å². The molecule has 1 saturated heterocycles. The average Bonchev–Trinajstić information content (AvgIpc) is 2.72. The van der Waals surface area contributed by atoms with Crippen LogP contribution in [0.5, 0.6) is 11.5 Å². The molecule has 0 unspecified atom stereocenters. The molecule has 6 atom stereocenters. The number of hydrogen-bond acceptors (Lipinski definition) is 10. The Morgan fingerprint density at radius 3 is 2.53 bits per heavy atom. The molecule has 1 aromatic carbocycles. The van der Waals surface area contributed by atoms with Crippen molar-refractivity contribution >= 4 is 11.8 Å². The van der Waals surface area contributed by atoms with Gasteiger partial charge in [-0.3, -0.25) is 9.59 Å². The predicted molar refractivity (Wildman–Crippen MR) is 109 cm³/mol. The van der Waals surface area contributed by atoms with Crippen LogP contribution in [-0.4, -0.2) is 80.7 Å². The maximum absolute atomic E-state index is 13.0. The van der Waals surface area contributed by atoms with E-state index in [4.69, 9.17) is 14.2 Å². The molecule has 2 heterocycles. The predicted octanol–water partition coefficient (Wildman–Crippen LogP) is 0.192. The lowest BCUT2D eigenvalue weighted by atomic mass is 9.95. The first-order chi connectivity index (χ1) is 15.2. The van der Waals surface area contributed by atoms with Crippen LogP contribution in [-0.2, 0) is 20.7 Å². The van der Waals surface area contributed by atoms with Crippen LogP contribution >= 0.6 is 0 Å². The van der Waals surface area contributed by atoms with Crippen molar-refractivity contribution in [3.05, 3.63) is 23.3 Å². The van der Waals surface area contributed by atoms with E-state index < -0.39 is 43.3 Å². The summed E-state index contributed by atoms with van der Waals surface area (Å²) >= 11 is 0. The monoisotopic (exact) mass is 454 g/mol. The van der Waals surface area contributed by atoms with E-state index in [0.717, 1.165) is 18.9 Å². The normalized spacial score (nSPS) is 32.3. The van der Waals surface area contributed by atoms with Crippen molar-refractivity contribution in [2.24, 2.45) is 0 Å². The number of phenolic OH excluding ortho intramolecular Hbond substituents is 1. The molecule has 0 bridgehead atoms. The molecule has 0 amide bonds. The number of ketones is 1. The minimum absolute atomic E-state index is 0.0462. The third-order valence-corrected chi connectivity index (χ3v) is 5.72. The topological polar surface area (TPSA) is 163 Å². The first kappa shape index (κ1) is 24.4. The number of aliphatic hydroxyl groups excluding tert-OH is 4. The first-order valence-electron chi connectivity index (χ1n) is 10.8. The van der Waals surface area contributed by atoms with Gasteiger partial charge in [0.05, 0.1) is 24.7 Å². The number of hydrogen-bond donors (Lipinski definition) is 5. The summed E-state index contributed by atoms with van der Waals surface area (Å²) in [7, 11) is 0. The molecule has 10 heteroatoms. The van der Waals surface area contributed by atoms with Gasteiger partial charge in [-0.1, -0.05) is 6.42 Å². The maximum Gasteiger partial charge on any atom is 0.310 e. The molecular weight excluding hydrogens is 424 g/mol. The van der Waals surface area contributed by atoms with E-state index in [1.54, 1.807) is 6.92 Å².